The van der Waals surface area contributed by atoms with Crippen LogP contribution in [0.15, 0.2) is 36.9 Å². The third kappa shape index (κ3) is 4.84. The number of hydrogen-bond donors (Lipinski definition) is 3. The lowest BCUT2D eigenvalue weighted by Gasteiger charge is -2.27. The van der Waals surface area contributed by atoms with E-state index >= 15 is 0 Å². The smallest absolute Gasteiger partial charge is 0.328 e. The third-order valence-corrected chi connectivity index (χ3v) is 4.23. The van der Waals surface area contributed by atoms with Crippen molar-refractivity contribution in [1.82, 2.24) is 15.0 Å². The quantitative estimate of drug-likeness (QED) is 0.716. The molecule has 2 aromatic rings. The van der Waals surface area contributed by atoms with Crippen molar-refractivity contribution < 1.29 is 9.90 Å². The molecule has 0 aliphatic heterocycles. The van der Waals surface area contributed by atoms with Crippen LogP contribution >= 0.6 is 0 Å². The second-order valence-corrected chi connectivity index (χ2v) is 6.22. The summed E-state index contributed by atoms with van der Waals surface area (Å²) in [6, 6.07) is 2.51. The first kappa shape index (κ1) is 17.0. The van der Waals surface area contributed by atoms with E-state index in [4.69, 9.17) is 10.8 Å². The highest BCUT2D eigenvalue weighted by Gasteiger charge is 2.18. The Morgan fingerprint density at radius 1 is 1.16 bits per heavy atom. The van der Waals surface area contributed by atoms with Crippen LogP contribution in [0.25, 0.3) is 17.3 Å². The molecule has 7 heteroatoms. The van der Waals surface area contributed by atoms with Gasteiger partial charge in [0.25, 0.3) is 0 Å². The number of aliphatic carboxylic acids is 1. The average Bonchev–Trinajstić information content (AvgIpc) is 2.62. The van der Waals surface area contributed by atoms with Gasteiger partial charge in [0, 0.05) is 36.1 Å². The predicted octanol–water partition coefficient (Wildman–Crippen LogP) is 2.32. The zero-order valence-corrected chi connectivity index (χ0v) is 13.8. The topological polar surface area (TPSA) is 114 Å². The van der Waals surface area contributed by atoms with Gasteiger partial charge < -0.3 is 16.2 Å². The van der Waals surface area contributed by atoms with E-state index in [1.54, 1.807) is 24.8 Å². The highest BCUT2D eigenvalue weighted by atomic mass is 16.4. The van der Waals surface area contributed by atoms with Gasteiger partial charge in [-0.25, -0.2) is 9.78 Å². The van der Waals surface area contributed by atoms with Crippen molar-refractivity contribution >= 4 is 17.9 Å². The number of rotatable bonds is 5. The molecule has 3 rings (SSSR count). The number of pyridine rings is 1. The van der Waals surface area contributed by atoms with Gasteiger partial charge in [-0.2, -0.15) is 0 Å². The van der Waals surface area contributed by atoms with Gasteiger partial charge in [-0.15, -0.1) is 0 Å². The number of hydrogen-bond acceptors (Lipinski definition) is 6. The average molecular weight is 339 g/mol. The molecule has 1 aliphatic carbocycles. The van der Waals surface area contributed by atoms with E-state index in [0.717, 1.165) is 43.1 Å². The van der Waals surface area contributed by atoms with Gasteiger partial charge in [-0.05, 0) is 43.4 Å². The minimum Gasteiger partial charge on any atom is -0.478 e. The Labute approximate surface area is 146 Å². The van der Waals surface area contributed by atoms with E-state index in [9.17, 15) is 4.79 Å². The summed E-state index contributed by atoms with van der Waals surface area (Å²) in [5.41, 5.74) is 8.12. The van der Waals surface area contributed by atoms with E-state index in [0.29, 0.717) is 23.3 Å². The third-order valence-electron chi connectivity index (χ3n) is 4.23. The Hall–Kier alpha value is -2.80. The molecule has 2 heterocycles. The molecule has 2 aromatic heterocycles. The molecule has 1 aliphatic rings. The van der Waals surface area contributed by atoms with E-state index in [1.807, 2.05) is 6.07 Å². The van der Waals surface area contributed by atoms with Crippen LogP contribution in [0.5, 0.6) is 0 Å². The summed E-state index contributed by atoms with van der Waals surface area (Å²) in [6.45, 7) is 0. The minimum absolute atomic E-state index is 0.308. The summed E-state index contributed by atoms with van der Waals surface area (Å²) in [5, 5.41) is 12.1. The summed E-state index contributed by atoms with van der Waals surface area (Å²) in [6.07, 6.45) is 13.4. The normalized spacial score (nSPS) is 20.5. The van der Waals surface area contributed by atoms with Crippen molar-refractivity contribution in [1.29, 1.82) is 0 Å². The lowest BCUT2D eigenvalue weighted by Crippen LogP contribution is -2.33. The Morgan fingerprint density at radius 2 is 1.92 bits per heavy atom. The Balaban J connectivity index is 1.75. The standard InChI is InChI=1S/C18H21N5O2/c19-14-2-4-15(5-3-14)22-17-11-21-10-16(23-17)13-7-12(8-20-9-13)1-6-18(24)25/h1,6-11,14-15H,2-5,19H2,(H,22,23)(H,24,25). The number of nitrogens with two attached hydrogens (primary N) is 1. The van der Waals surface area contributed by atoms with E-state index in [-0.39, 0.29) is 0 Å². The van der Waals surface area contributed by atoms with Gasteiger partial charge in [0.05, 0.1) is 18.1 Å². The van der Waals surface area contributed by atoms with E-state index < -0.39 is 5.97 Å². The van der Waals surface area contributed by atoms with Crippen LogP contribution in [0.4, 0.5) is 5.82 Å². The molecule has 0 amide bonds. The van der Waals surface area contributed by atoms with Crippen LogP contribution in [0.1, 0.15) is 31.2 Å². The summed E-state index contributed by atoms with van der Waals surface area (Å²) in [7, 11) is 0. The first-order chi connectivity index (χ1) is 12.1. The number of carboxylic acids is 1. The van der Waals surface area contributed by atoms with Crippen LogP contribution in [0.3, 0.4) is 0 Å². The van der Waals surface area contributed by atoms with Gasteiger partial charge in [-0.3, -0.25) is 9.97 Å². The van der Waals surface area contributed by atoms with Crippen LogP contribution in [-0.2, 0) is 4.79 Å². The predicted molar refractivity (Wildman–Crippen MR) is 95.8 cm³/mol. The molecule has 0 spiro atoms. The van der Waals surface area contributed by atoms with Crippen molar-refractivity contribution in [3.8, 4) is 11.3 Å². The molecule has 4 N–H and O–H groups in total. The lowest BCUT2D eigenvalue weighted by molar-refractivity contribution is -0.131. The Morgan fingerprint density at radius 3 is 2.68 bits per heavy atom. The van der Waals surface area contributed by atoms with Crippen molar-refractivity contribution in [2.24, 2.45) is 5.73 Å². The van der Waals surface area contributed by atoms with Gasteiger partial charge in [0.1, 0.15) is 5.82 Å². The number of nitrogens with zero attached hydrogens (tertiary/aromatic N) is 3. The number of carboxylic acid groups (broad SMARTS) is 1. The highest BCUT2D eigenvalue weighted by Crippen LogP contribution is 2.22. The fourth-order valence-electron chi connectivity index (χ4n) is 2.90. The van der Waals surface area contributed by atoms with Crippen molar-refractivity contribution in [3.63, 3.8) is 0 Å². The zero-order chi connectivity index (χ0) is 17.6. The summed E-state index contributed by atoms with van der Waals surface area (Å²) < 4.78 is 0. The number of carbonyl (C=O) groups is 1. The number of nitrogens with one attached hydrogen (secondary N) is 1. The van der Waals surface area contributed by atoms with Crippen molar-refractivity contribution in [2.75, 3.05) is 5.32 Å². The molecule has 0 aromatic carbocycles. The minimum atomic E-state index is -0.997. The molecule has 0 bridgehead atoms. The fourth-order valence-corrected chi connectivity index (χ4v) is 2.90. The van der Waals surface area contributed by atoms with E-state index in [1.165, 1.54) is 6.08 Å². The highest BCUT2D eigenvalue weighted by molar-refractivity contribution is 5.85. The Bertz CT molecular complexity index is 770. The molecule has 1 fully saturated rings. The van der Waals surface area contributed by atoms with Gasteiger partial charge in [0.15, 0.2) is 0 Å². The number of anilines is 1. The molecule has 0 unspecified atom stereocenters. The molecule has 130 valence electrons. The van der Waals surface area contributed by atoms with E-state index in [2.05, 4.69) is 20.3 Å². The molecule has 1 saturated carbocycles. The molecule has 25 heavy (non-hydrogen) atoms. The summed E-state index contributed by atoms with van der Waals surface area (Å²) in [5.74, 6) is -0.270. The second-order valence-electron chi connectivity index (χ2n) is 6.22. The van der Waals surface area contributed by atoms with Crippen molar-refractivity contribution in [2.45, 2.75) is 37.8 Å². The Kier molecular flexibility index (Phi) is 5.35. The maximum absolute atomic E-state index is 10.6. The van der Waals surface area contributed by atoms with Crippen LogP contribution in [-0.4, -0.2) is 38.1 Å². The van der Waals surface area contributed by atoms with Crippen LogP contribution < -0.4 is 11.1 Å². The van der Waals surface area contributed by atoms with Crippen LogP contribution in [0, 0.1) is 0 Å². The van der Waals surface area contributed by atoms with Gasteiger partial charge in [-0.1, -0.05) is 0 Å². The zero-order valence-electron chi connectivity index (χ0n) is 13.8. The largest absolute Gasteiger partial charge is 0.478 e. The van der Waals surface area contributed by atoms with Gasteiger partial charge >= 0.3 is 5.97 Å². The first-order valence-electron chi connectivity index (χ1n) is 8.31. The fraction of sp³-hybridized carbons (Fsp3) is 0.333. The molecule has 0 radical (unpaired) electrons. The van der Waals surface area contributed by atoms with Crippen LogP contribution in [0.2, 0.25) is 0 Å². The molecule has 7 nitrogen and oxygen atoms in total. The SMILES string of the molecule is NC1CCC(Nc2cncc(-c3cncc(C=CC(=O)O)c3)n2)CC1. The maximum Gasteiger partial charge on any atom is 0.328 e. The summed E-state index contributed by atoms with van der Waals surface area (Å²) >= 11 is 0. The molecular formula is C18H21N5O2. The monoisotopic (exact) mass is 339 g/mol. The molecular weight excluding hydrogens is 318 g/mol. The van der Waals surface area contributed by atoms with Crippen molar-refractivity contribution in [3.05, 3.63) is 42.5 Å². The second kappa shape index (κ2) is 7.85. The summed E-state index contributed by atoms with van der Waals surface area (Å²) in [4.78, 5) is 23.6. The maximum atomic E-state index is 10.6. The molecule has 0 saturated heterocycles. The van der Waals surface area contributed by atoms with Gasteiger partial charge in [0.2, 0.25) is 0 Å². The molecule has 0 atom stereocenters. The number of aromatic nitrogens is 3. The first-order valence-corrected chi connectivity index (χ1v) is 8.31. The lowest BCUT2D eigenvalue weighted by atomic mass is 9.92.